The summed E-state index contributed by atoms with van der Waals surface area (Å²) >= 11 is 0. The maximum absolute atomic E-state index is 7.57. The van der Waals surface area contributed by atoms with Gasteiger partial charge in [-0.3, -0.25) is 10.3 Å². The number of likely N-dealkylation sites (N-methyl/N-ethyl adjacent to an activating group) is 1. The van der Waals surface area contributed by atoms with E-state index in [1.165, 1.54) is 12.0 Å². The molecule has 5 heteroatoms. The number of hydrogen-bond acceptors (Lipinski definition) is 4. The Morgan fingerprint density at radius 2 is 2.19 bits per heavy atom. The molecule has 0 aromatic heterocycles. The SMILES string of the molecule is COc1cc(CN2CCCN(C)CC2C)ccc1C(=N)N. The maximum atomic E-state index is 7.57. The minimum Gasteiger partial charge on any atom is -0.496 e. The largest absolute Gasteiger partial charge is 0.496 e. The standard InChI is InChI=1S/C16H26N4O/c1-12-10-19(2)7-4-8-20(12)11-13-5-6-14(16(17)18)15(9-13)21-3/h5-6,9,12H,4,7-8,10-11H2,1-3H3,(H3,17,18). The van der Waals surface area contributed by atoms with Gasteiger partial charge in [-0.15, -0.1) is 0 Å². The van der Waals surface area contributed by atoms with Gasteiger partial charge in [-0.2, -0.15) is 0 Å². The van der Waals surface area contributed by atoms with Crippen molar-refractivity contribution >= 4 is 5.84 Å². The summed E-state index contributed by atoms with van der Waals surface area (Å²) in [6.45, 7) is 6.56. The second kappa shape index (κ2) is 6.91. The van der Waals surface area contributed by atoms with Gasteiger partial charge in [0.05, 0.1) is 12.7 Å². The van der Waals surface area contributed by atoms with E-state index < -0.39 is 0 Å². The van der Waals surface area contributed by atoms with Crippen LogP contribution in [-0.2, 0) is 6.54 Å². The van der Waals surface area contributed by atoms with E-state index in [1.807, 2.05) is 18.2 Å². The first kappa shape index (κ1) is 15.8. The number of nitrogens with one attached hydrogen (secondary N) is 1. The molecule has 0 spiro atoms. The Kier molecular flexibility index (Phi) is 5.20. The highest BCUT2D eigenvalue weighted by Crippen LogP contribution is 2.22. The van der Waals surface area contributed by atoms with E-state index in [2.05, 4.69) is 23.8 Å². The minimum absolute atomic E-state index is 0.0446. The monoisotopic (exact) mass is 290 g/mol. The molecule has 1 aliphatic rings. The molecule has 0 aliphatic carbocycles. The molecule has 0 saturated carbocycles. The van der Waals surface area contributed by atoms with E-state index in [0.29, 0.717) is 17.4 Å². The number of nitrogen functional groups attached to an aromatic ring is 1. The average Bonchev–Trinajstić information content (AvgIpc) is 2.60. The quantitative estimate of drug-likeness (QED) is 0.651. The van der Waals surface area contributed by atoms with Crippen LogP contribution in [0.5, 0.6) is 5.75 Å². The van der Waals surface area contributed by atoms with Gasteiger partial charge in [-0.05, 0) is 44.6 Å². The third kappa shape index (κ3) is 3.95. The molecule has 0 radical (unpaired) electrons. The van der Waals surface area contributed by atoms with E-state index in [9.17, 15) is 0 Å². The van der Waals surface area contributed by atoms with Gasteiger partial charge in [0.2, 0.25) is 0 Å². The van der Waals surface area contributed by atoms with E-state index in [-0.39, 0.29) is 5.84 Å². The fraction of sp³-hybridized carbons (Fsp3) is 0.562. The van der Waals surface area contributed by atoms with Crippen molar-refractivity contribution < 1.29 is 4.74 Å². The van der Waals surface area contributed by atoms with Gasteiger partial charge < -0.3 is 15.4 Å². The number of ether oxygens (including phenoxy) is 1. The van der Waals surface area contributed by atoms with Gasteiger partial charge >= 0.3 is 0 Å². The van der Waals surface area contributed by atoms with Gasteiger partial charge in [-0.1, -0.05) is 6.07 Å². The van der Waals surface area contributed by atoms with Crippen molar-refractivity contribution in [3.8, 4) is 5.75 Å². The van der Waals surface area contributed by atoms with Crippen LogP contribution in [0.15, 0.2) is 18.2 Å². The smallest absolute Gasteiger partial charge is 0.130 e. The van der Waals surface area contributed by atoms with Gasteiger partial charge in [-0.25, -0.2) is 0 Å². The number of nitrogens with zero attached hydrogens (tertiary/aromatic N) is 2. The lowest BCUT2D eigenvalue weighted by Crippen LogP contribution is -2.37. The van der Waals surface area contributed by atoms with Crippen LogP contribution in [0.25, 0.3) is 0 Å². The highest BCUT2D eigenvalue weighted by atomic mass is 16.5. The highest BCUT2D eigenvalue weighted by Gasteiger charge is 2.20. The molecular weight excluding hydrogens is 264 g/mol. The van der Waals surface area contributed by atoms with Gasteiger partial charge in [0.1, 0.15) is 11.6 Å². The first-order valence-corrected chi connectivity index (χ1v) is 7.45. The zero-order chi connectivity index (χ0) is 15.4. The Morgan fingerprint density at radius 3 is 2.86 bits per heavy atom. The first-order chi connectivity index (χ1) is 10.0. The summed E-state index contributed by atoms with van der Waals surface area (Å²) in [4.78, 5) is 4.90. The Morgan fingerprint density at radius 1 is 1.43 bits per heavy atom. The summed E-state index contributed by atoms with van der Waals surface area (Å²) in [6.07, 6.45) is 1.20. The Labute approximate surface area is 127 Å². The van der Waals surface area contributed by atoms with Crippen molar-refractivity contribution in [2.75, 3.05) is 33.8 Å². The summed E-state index contributed by atoms with van der Waals surface area (Å²) in [7, 11) is 3.81. The molecule has 5 nitrogen and oxygen atoms in total. The molecule has 21 heavy (non-hydrogen) atoms. The van der Waals surface area contributed by atoms with E-state index in [0.717, 1.165) is 26.2 Å². The molecular formula is C16H26N4O. The second-order valence-electron chi connectivity index (χ2n) is 5.88. The molecule has 116 valence electrons. The molecule has 1 aromatic rings. The number of amidine groups is 1. The summed E-state index contributed by atoms with van der Waals surface area (Å²) in [5.74, 6) is 0.725. The number of hydrogen-bond donors (Lipinski definition) is 2. The number of rotatable bonds is 4. The third-order valence-corrected chi connectivity index (χ3v) is 4.13. The number of nitrogens with two attached hydrogens (primary N) is 1. The normalized spacial score (nSPS) is 21.0. The van der Waals surface area contributed by atoms with Crippen LogP contribution >= 0.6 is 0 Å². The summed E-state index contributed by atoms with van der Waals surface area (Å²) < 4.78 is 5.36. The lowest BCUT2D eigenvalue weighted by Gasteiger charge is -2.28. The lowest BCUT2D eigenvalue weighted by atomic mass is 10.1. The van der Waals surface area contributed by atoms with Crippen molar-refractivity contribution in [3.63, 3.8) is 0 Å². The molecule has 1 unspecified atom stereocenters. The summed E-state index contributed by atoms with van der Waals surface area (Å²) in [6, 6.07) is 6.46. The van der Waals surface area contributed by atoms with Crippen LogP contribution in [0.4, 0.5) is 0 Å². The average molecular weight is 290 g/mol. The predicted octanol–water partition coefficient (Wildman–Crippen LogP) is 1.51. The number of methoxy groups -OCH3 is 1. The Balaban J connectivity index is 2.13. The van der Waals surface area contributed by atoms with Crippen molar-refractivity contribution in [2.24, 2.45) is 5.73 Å². The second-order valence-corrected chi connectivity index (χ2v) is 5.88. The van der Waals surface area contributed by atoms with E-state index in [4.69, 9.17) is 15.9 Å². The highest BCUT2D eigenvalue weighted by molar-refractivity contribution is 5.97. The molecule has 1 aliphatic heterocycles. The van der Waals surface area contributed by atoms with Crippen LogP contribution in [0.2, 0.25) is 0 Å². The van der Waals surface area contributed by atoms with Crippen LogP contribution < -0.4 is 10.5 Å². The molecule has 0 bridgehead atoms. The van der Waals surface area contributed by atoms with Gasteiger partial charge in [0, 0.05) is 25.7 Å². The molecule has 1 fully saturated rings. The van der Waals surface area contributed by atoms with E-state index >= 15 is 0 Å². The molecule has 1 aromatic carbocycles. The van der Waals surface area contributed by atoms with Crippen molar-refractivity contribution in [1.29, 1.82) is 5.41 Å². The molecule has 1 saturated heterocycles. The maximum Gasteiger partial charge on any atom is 0.130 e. The molecule has 2 rings (SSSR count). The van der Waals surface area contributed by atoms with Crippen molar-refractivity contribution in [3.05, 3.63) is 29.3 Å². The van der Waals surface area contributed by atoms with Crippen LogP contribution in [-0.4, -0.2) is 55.5 Å². The van der Waals surface area contributed by atoms with Crippen molar-refractivity contribution in [2.45, 2.75) is 25.9 Å². The van der Waals surface area contributed by atoms with Gasteiger partial charge in [0.15, 0.2) is 0 Å². The minimum atomic E-state index is 0.0446. The van der Waals surface area contributed by atoms with Crippen molar-refractivity contribution in [1.82, 2.24) is 9.80 Å². The van der Waals surface area contributed by atoms with Crippen LogP contribution in [0, 0.1) is 5.41 Å². The Hall–Kier alpha value is -1.59. The van der Waals surface area contributed by atoms with Crippen LogP contribution in [0.1, 0.15) is 24.5 Å². The molecule has 1 atom stereocenters. The topological polar surface area (TPSA) is 65.6 Å². The fourth-order valence-electron chi connectivity index (χ4n) is 2.95. The first-order valence-electron chi connectivity index (χ1n) is 7.45. The number of benzene rings is 1. The molecule has 3 N–H and O–H groups in total. The Bertz CT molecular complexity index is 503. The zero-order valence-electron chi connectivity index (χ0n) is 13.2. The summed E-state index contributed by atoms with van der Waals surface area (Å²) in [5, 5.41) is 7.57. The van der Waals surface area contributed by atoms with E-state index in [1.54, 1.807) is 7.11 Å². The van der Waals surface area contributed by atoms with Crippen LogP contribution in [0.3, 0.4) is 0 Å². The fourth-order valence-corrected chi connectivity index (χ4v) is 2.95. The summed E-state index contributed by atoms with van der Waals surface area (Å²) in [5.41, 5.74) is 7.43. The predicted molar refractivity (Wildman–Crippen MR) is 86.0 cm³/mol. The lowest BCUT2D eigenvalue weighted by molar-refractivity contribution is 0.194. The molecule has 0 amide bonds. The third-order valence-electron chi connectivity index (χ3n) is 4.13. The molecule has 1 heterocycles. The zero-order valence-corrected chi connectivity index (χ0v) is 13.2. The van der Waals surface area contributed by atoms with Gasteiger partial charge in [0.25, 0.3) is 0 Å².